The number of amides is 8. The zero-order chi connectivity index (χ0) is 67.9. The molecule has 0 aliphatic carbocycles. The quantitative estimate of drug-likeness (QED) is 0.0242. The van der Waals surface area contributed by atoms with Crippen molar-refractivity contribution in [3.8, 4) is 11.3 Å². The summed E-state index contributed by atoms with van der Waals surface area (Å²) in [6, 6.07) is 10.0. The summed E-state index contributed by atoms with van der Waals surface area (Å²) in [7, 11) is 0. The molecule has 0 unspecified atom stereocenters. The lowest BCUT2D eigenvalue weighted by Gasteiger charge is -2.40. The highest BCUT2D eigenvalue weighted by atomic mass is 19.1. The normalized spacial score (nSPS) is 13.7. The van der Waals surface area contributed by atoms with E-state index in [0.29, 0.717) is 111 Å². The molecular formula is C64H96F2N10O17. The minimum atomic E-state index is -1.44. The van der Waals surface area contributed by atoms with E-state index in [9.17, 15) is 47.9 Å². The van der Waals surface area contributed by atoms with Crippen molar-refractivity contribution < 1.29 is 90.1 Å². The fraction of sp³-hybridized carbons (Fsp3) is 0.609. The number of primary amides is 1. The monoisotopic (exact) mass is 1310 g/mol. The van der Waals surface area contributed by atoms with Gasteiger partial charge in [-0.2, -0.15) is 0 Å². The van der Waals surface area contributed by atoms with E-state index in [0.717, 1.165) is 28.7 Å². The van der Waals surface area contributed by atoms with Crippen molar-refractivity contribution in [1.82, 2.24) is 45.9 Å². The maximum absolute atomic E-state index is 15.2. The molecular weight excluding hydrogens is 1220 g/mol. The van der Waals surface area contributed by atoms with Crippen LogP contribution in [0.4, 0.5) is 13.6 Å². The number of halogens is 2. The van der Waals surface area contributed by atoms with E-state index in [1.54, 1.807) is 24.6 Å². The van der Waals surface area contributed by atoms with Gasteiger partial charge in [0.25, 0.3) is 11.8 Å². The largest absolute Gasteiger partial charge is 0.387 e. The molecule has 93 heavy (non-hydrogen) atoms. The summed E-state index contributed by atoms with van der Waals surface area (Å²) in [6.07, 6.45) is 5.26. The zero-order valence-electron chi connectivity index (χ0n) is 54.3. The molecule has 27 nitrogen and oxygen atoms in total. The van der Waals surface area contributed by atoms with Gasteiger partial charge in [-0.3, -0.25) is 33.7 Å². The number of rotatable bonds is 51. The van der Waals surface area contributed by atoms with Crippen molar-refractivity contribution in [3.05, 3.63) is 89.9 Å². The molecule has 2 heterocycles. The smallest absolute Gasteiger partial charge is 0.312 e. The van der Waals surface area contributed by atoms with Gasteiger partial charge in [-0.15, -0.1) is 0 Å². The number of aliphatic hydroxyl groups is 1. The topological polar surface area (TPSA) is 341 Å². The molecule has 29 heteroatoms. The van der Waals surface area contributed by atoms with E-state index in [2.05, 4.69) is 26.6 Å². The summed E-state index contributed by atoms with van der Waals surface area (Å²) >= 11 is 0. The van der Waals surface area contributed by atoms with Crippen LogP contribution in [0.2, 0.25) is 0 Å². The van der Waals surface area contributed by atoms with Gasteiger partial charge in [0.2, 0.25) is 23.6 Å². The average Bonchev–Trinajstić information content (AvgIpc) is 1.79. The molecule has 0 saturated carbocycles. The number of aldehydes is 1. The van der Waals surface area contributed by atoms with Gasteiger partial charge in [-0.25, -0.2) is 18.6 Å². The number of urea groups is 1. The van der Waals surface area contributed by atoms with Gasteiger partial charge < -0.3 is 89.6 Å². The number of carbonyl (C=O) groups excluding carboxylic acids is 8. The van der Waals surface area contributed by atoms with Crippen LogP contribution >= 0.6 is 0 Å². The fourth-order valence-corrected chi connectivity index (χ4v) is 9.53. The third kappa shape index (κ3) is 29.8. The SMILES string of the molecule is CC(C)[C@@](C=O)(CN[C@@H](CCCNC(N)=O)C(=O)NCCCN(C(=O)CO)[C@@H](c1nc(-c2cc(F)ccc2F)cn1Cc1ccccc1)C(C)(C)C)NC(=O)CCOCCOCCOCCOCCOCCOCCOCCOCCNC(=O)CCN1C(=O)C=CC1=O. The second-order valence-corrected chi connectivity index (χ2v) is 23.0. The molecule has 0 bridgehead atoms. The van der Waals surface area contributed by atoms with Crippen LogP contribution in [0.5, 0.6) is 0 Å². The second kappa shape index (κ2) is 43.7. The minimum absolute atomic E-state index is 0.0207. The molecule has 2 aromatic carbocycles. The first kappa shape index (κ1) is 78.3. The Bertz CT molecular complexity index is 2770. The Morgan fingerprint density at radius 1 is 0.699 bits per heavy atom. The predicted octanol–water partition coefficient (Wildman–Crippen LogP) is 2.36. The van der Waals surface area contributed by atoms with Crippen molar-refractivity contribution >= 4 is 47.8 Å². The average molecular weight is 1320 g/mol. The van der Waals surface area contributed by atoms with E-state index < -0.39 is 82.8 Å². The third-order valence-corrected chi connectivity index (χ3v) is 14.6. The summed E-state index contributed by atoms with van der Waals surface area (Å²) in [5.74, 6) is -4.07. The number of nitrogens with one attached hydrogen (secondary N) is 5. The molecule has 0 radical (unpaired) electrons. The van der Waals surface area contributed by atoms with Crippen LogP contribution < -0.4 is 32.3 Å². The number of hydrogen-bond donors (Lipinski definition) is 7. The zero-order valence-corrected chi connectivity index (χ0v) is 54.3. The van der Waals surface area contributed by atoms with Gasteiger partial charge in [0.1, 0.15) is 35.9 Å². The van der Waals surface area contributed by atoms with Gasteiger partial charge in [-0.05, 0) is 54.4 Å². The molecule has 1 aromatic heterocycles. The van der Waals surface area contributed by atoms with Crippen molar-refractivity contribution in [1.29, 1.82) is 0 Å². The minimum Gasteiger partial charge on any atom is -0.387 e. The number of imidazole rings is 1. The van der Waals surface area contributed by atoms with Crippen molar-refractivity contribution in [2.75, 3.05) is 152 Å². The van der Waals surface area contributed by atoms with Crippen molar-refractivity contribution in [2.45, 2.75) is 90.9 Å². The van der Waals surface area contributed by atoms with Crippen LogP contribution in [0.1, 0.15) is 84.2 Å². The Balaban J connectivity index is 1.10. The number of aromatic nitrogens is 2. The summed E-state index contributed by atoms with van der Waals surface area (Å²) in [5, 5.41) is 24.4. The van der Waals surface area contributed by atoms with Crippen LogP contribution in [-0.2, 0) is 78.0 Å². The summed E-state index contributed by atoms with van der Waals surface area (Å²) in [6.45, 7) is 14.3. The lowest BCUT2D eigenvalue weighted by molar-refractivity contribution is -0.140. The number of imide groups is 1. The van der Waals surface area contributed by atoms with Gasteiger partial charge in [0, 0.05) is 82.6 Å². The maximum Gasteiger partial charge on any atom is 0.312 e. The lowest BCUT2D eigenvalue weighted by Crippen LogP contribution is -2.62. The van der Waals surface area contributed by atoms with E-state index in [4.69, 9.17) is 48.6 Å². The van der Waals surface area contributed by atoms with E-state index in [1.807, 2.05) is 51.1 Å². The number of nitrogens with zero attached hydrogens (tertiary/aromatic N) is 4. The van der Waals surface area contributed by atoms with E-state index in [1.165, 1.54) is 17.1 Å². The highest BCUT2D eigenvalue weighted by Gasteiger charge is 2.39. The first-order chi connectivity index (χ1) is 44.7. The number of benzene rings is 2. The first-order valence-electron chi connectivity index (χ1n) is 31.4. The van der Waals surface area contributed by atoms with Crippen molar-refractivity contribution in [2.24, 2.45) is 17.1 Å². The molecule has 0 spiro atoms. The number of hydrogen-bond acceptors (Lipinski definition) is 19. The van der Waals surface area contributed by atoms with Crippen molar-refractivity contribution in [3.63, 3.8) is 0 Å². The fourth-order valence-electron chi connectivity index (χ4n) is 9.53. The highest BCUT2D eigenvalue weighted by Crippen LogP contribution is 2.39. The highest BCUT2D eigenvalue weighted by molar-refractivity contribution is 6.13. The molecule has 3 atom stereocenters. The first-order valence-corrected chi connectivity index (χ1v) is 31.4. The summed E-state index contributed by atoms with van der Waals surface area (Å²) < 4.78 is 75.6. The predicted molar refractivity (Wildman–Crippen MR) is 337 cm³/mol. The Kier molecular flexibility index (Phi) is 36.7. The standard InChI is InChI=1S/C64H96F2N10O17/c1-47(2)64(46-78,73-55(80)19-25-86-27-29-88-31-33-90-35-37-92-39-40-93-38-36-91-34-32-89-30-28-87-26-22-68-54(79)18-24-75-56(81)16-17-57(75)82)45-71-52(13-9-20-70-62(67)85)61(84)69-21-10-23-76(58(83)44-77)59(63(3,4)5)60-72-53(50-41-49(65)14-15-51(50)66)43-74(60)42-48-11-7-6-8-12-48/h6-8,11-12,14-17,41,43,46-47,52,59,71,77H,9-10,13,18-40,42,44-45H2,1-5H3,(H,68,79)(H,69,84)(H,73,80)(H3,67,70,85)/t52-,59-,64-/m0/s1. The molecule has 4 rings (SSSR count). The van der Waals surface area contributed by atoms with E-state index in [-0.39, 0.29) is 102 Å². The van der Waals surface area contributed by atoms with Gasteiger partial charge >= 0.3 is 6.03 Å². The molecule has 0 saturated heterocycles. The number of nitrogens with two attached hydrogens (primary N) is 1. The molecule has 1 aliphatic rings. The van der Waals surface area contributed by atoms with Gasteiger partial charge in [0.05, 0.1) is 123 Å². The summed E-state index contributed by atoms with van der Waals surface area (Å²) in [5.41, 5.74) is 4.08. The van der Waals surface area contributed by atoms with Gasteiger partial charge in [0.15, 0.2) is 0 Å². The van der Waals surface area contributed by atoms with E-state index >= 15 is 4.39 Å². The Morgan fingerprint density at radius 3 is 1.77 bits per heavy atom. The van der Waals surface area contributed by atoms with Crippen LogP contribution in [-0.4, -0.2) is 235 Å². The molecule has 3 aromatic rings. The maximum atomic E-state index is 15.2. The molecule has 0 fully saturated rings. The number of ether oxygens (including phenoxy) is 8. The third-order valence-electron chi connectivity index (χ3n) is 14.6. The molecule has 1 aliphatic heterocycles. The molecule has 8 amide bonds. The Morgan fingerprint density at radius 2 is 1.25 bits per heavy atom. The molecule has 8 N–H and O–H groups in total. The molecule has 518 valence electrons. The number of aliphatic hydroxyl groups excluding tert-OH is 1. The van der Waals surface area contributed by atoms with Crippen LogP contribution in [0.15, 0.2) is 66.9 Å². The number of carbonyl (C=O) groups is 8. The summed E-state index contributed by atoms with van der Waals surface area (Å²) in [4.78, 5) is 108. The Labute approximate surface area is 542 Å². The Hall–Kier alpha value is -7.19. The van der Waals surface area contributed by atoms with Crippen LogP contribution in [0.25, 0.3) is 11.3 Å². The van der Waals surface area contributed by atoms with Crippen LogP contribution in [0.3, 0.4) is 0 Å². The lowest BCUT2D eigenvalue weighted by atomic mass is 9.84. The van der Waals surface area contributed by atoms with Gasteiger partial charge in [-0.1, -0.05) is 65.0 Å². The van der Waals surface area contributed by atoms with Crippen LogP contribution in [0, 0.1) is 23.0 Å². The second-order valence-electron chi connectivity index (χ2n) is 23.0.